The van der Waals surface area contributed by atoms with E-state index >= 15 is 0 Å². The summed E-state index contributed by atoms with van der Waals surface area (Å²) in [6.45, 7) is 12.4. The van der Waals surface area contributed by atoms with Gasteiger partial charge in [-0.25, -0.2) is 4.98 Å². The van der Waals surface area contributed by atoms with Crippen molar-refractivity contribution < 1.29 is 0 Å². The number of hydrogen-bond acceptors (Lipinski definition) is 4. The summed E-state index contributed by atoms with van der Waals surface area (Å²) >= 11 is 0. The zero-order valence-corrected chi connectivity index (χ0v) is 14.5. The second-order valence-corrected chi connectivity index (χ2v) is 6.81. The van der Waals surface area contributed by atoms with Crippen molar-refractivity contribution in [1.82, 2.24) is 25.0 Å². The van der Waals surface area contributed by atoms with E-state index in [0.29, 0.717) is 6.04 Å². The first-order valence-corrected chi connectivity index (χ1v) is 8.41. The number of likely N-dealkylation sites (tertiary alicyclic amines) is 1. The zero-order valence-electron chi connectivity index (χ0n) is 14.5. The van der Waals surface area contributed by atoms with E-state index in [2.05, 4.69) is 39.9 Å². The van der Waals surface area contributed by atoms with Gasteiger partial charge in [-0.2, -0.15) is 5.10 Å². The summed E-state index contributed by atoms with van der Waals surface area (Å²) in [7, 11) is 1.94. The van der Waals surface area contributed by atoms with Gasteiger partial charge in [0, 0.05) is 37.8 Å². The topological polar surface area (TPSA) is 46.0 Å². The van der Waals surface area contributed by atoms with Crippen molar-refractivity contribution in [1.29, 1.82) is 0 Å². The van der Waals surface area contributed by atoms with Gasteiger partial charge in [-0.1, -0.05) is 12.2 Å². The molecule has 5 heteroatoms. The Morgan fingerprint density at radius 3 is 2.83 bits per heavy atom. The van der Waals surface area contributed by atoms with Gasteiger partial charge in [0.15, 0.2) is 5.65 Å². The molecule has 1 aliphatic rings. The molecule has 0 saturated carbocycles. The highest BCUT2D eigenvalue weighted by atomic mass is 15.3. The maximum absolute atomic E-state index is 4.55. The standard InChI is InChI=1S/C18H27N5/c1-13(2)12-23-7-5-16(6-8-23)19-10-15-9-17-14(3)21-22(4)18(17)20-11-15/h9,11,16,19H,1,5-8,10,12H2,2-4H3. The summed E-state index contributed by atoms with van der Waals surface area (Å²) in [5, 5.41) is 9.28. The fraction of sp³-hybridized carbons (Fsp3) is 0.556. The molecule has 1 N–H and O–H groups in total. The normalized spacial score (nSPS) is 17.0. The van der Waals surface area contributed by atoms with Gasteiger partial charge in [0.1, 0.15) is 0 Å². The number of fused-ring (bicyclic) bond motifs is 1. The molecule has 0 spiro atoms. The van der Waals surface area contributed by atoms with Crippen LogP contribution in [-0.4, -0.2) is 45.3 Å². The van der Waals surface area contributed by atoms with Crippen molar-refractivity contribution in [2.24, 2.45) is 7.05 Å². The first-order valence-electron chi connectivity index (χ1n) is 8.41. The molecular formula is C18H27N5. The molecule has 3 heterocycles. The van der Waals surface area contributed by atoms with Crippen LogP contribution in [0.3, 0.4) is 0 Å². The average molecular weight is 313 g/mol. The lowest BCUT2D eigenvalue weighted by molar-refractivity contribution is 0.211. The number of aryl methyl sites for hydroxylation is 2. The second-order valence-electron chi connectivity index (χ2n) is 6.81. The van der Waals surface area contributed by atoms with Gasteiger partial charge >= 0.3 is 0 Å². The van der Waals surface area contributed by atoms with E-state index < -0.39 is 0 Å². The second kappa shape index (κ2) is 6.81. The minimum Gasteiger partial charge on any atom is -0.310 e. The van der Waals surface area contributed by atoms with Crippen LogP contribution in [0.15, 0.2) is 24.4 Å². The largest absolute Gasteiger partial charge is 0.310 e. The Hall–Kier alpha value is -1.72. The van der Waals surface area contributed by atoms with Crippen molar-refractivity contribution in [3.63, 3.8) is 0 Å². The van der Waals surface area contributed by atoms with Gasteiger partial charge in [0.2, 0.25) is 0 Å². The van der Waals surface area contributed by atoms with Gasteiger partial charge in [0.25, 0.3) is 0 Å². The molecule has 2 aromatic heterocycles. The number of piperidine rings is 1. The quantitative estimate of drug-likeness (QED) is 0.861. The monoisotopic (exact) mass is 313 g/mol. The first-order chi connectivity index (χ1) is 11.0. The third-order valence-electron chi connectivity index (χ3n) is 4.60. The summed E-state index contributed by atoms with van der Waals surface area (Å²) in [6, 6.07) is 2.82. The number of aromatic nitrogens is 3. The molecule has 0 bridgehead atoms. The molecule has 1 fully saturated rings. The van der Waals surface area contributed by atoms with E-state index in [9.17, 15) is 0 Å². The van der Waals surface area contributed by atoms with Crippen molar-refractivity contribution in [3.05, 3.63) is 35.7 Å². The average Bonchev–Trinajstić information content (AvgIpc) is 2.80. The Balaban J connectivity index is 1.55. The van der Waals surface area contributed by atoms with E-state index in [0.717, 1.165) is 42.9 Å². The van der Waals surface area contributed by atoms with Gasteiger partial charge in [-0.05, 0) is 51.4 Å². The Bertz CT molecular complexity index is 695. The van der Waals surface area contributed by atoms with Crippen LogP contribution in [0.2, 0.25) is 0 Å². The molecule has 0 aliphatic carbocycles. The van der Waals surface area contributed by atoms with E-state index in [1.165, 1.54) is 24.0 Å². The third kappa shape index (κ3) is 3.79. The molecule has 1 aliphatic heterocycles. The summed E-state index contributed by atoms with van der Waals surface area (Å²) in [5.41, 5.74) is 4.49. The molecule has 0 radical (unpaired) electrons. The highest BCUT2D eigenvalue weighted by molar-refractivity contribution is 5.78. The van der Waals surface area contributed by atoms with Crippen LogP contribution in [0.4, 0.5) is 0 Å². The summed E-state index contributed by atoms with van der Waals surface area (Å²) < 4.78 is 1.85. The molecule has 0 atom stereocenters. The Morgan fingerprint density at radius 2 is 2.13 bits per heavy atom. The van der Waals surface area contributed by atoms with Crippen LogP contribution in [0.1, 0.15) is 31.0 Å². The van der Waals surface area contributed by atoms with Crippen molar-refractivity contribution in [2.75, 3.05) is 19.6 Å². The van der Waals surface area contributed by atoms with E-state index in [1.807, 2.05) is 24.9 Å². The van der Waals surface area contributed by atoms with Crippen molar-refractivity contribution in [3.8, 4) is 0 Å². The predicted octanol–water partition coefficient (Wildman–Crippen LogP) is 2.41. The lowest BCUT2D eigenvalue weighted by Gasteiger charge is -2.32. The number of nitrogens with zero attached hydrogens (tertiary/aromatic N) is 4. The molecule has 0 unspecified atom stereocenters. The number of pyridine rings is 1. The SMILES string of the molecule is C=C(C)CN1CCC(NCc2cnc3c(c2)c(C)nn3C)CC1. The summed E-state index contributed by atoms with van der Waals surface area (Å²) in [5.74, 6) is 0. The Labute approximate surface area is 138 Å². The minimum absolute atomic E-state index is 0.599. The first kappa shape index (κ1) is 16.1. The fourth-order valence-electron chi connectivity index (χ4n) is 3.39. The number of nitrogens with one attached hydrogen (secondary N) is 1. The highest BCUT2D eigenvalue weighted by Crippen LogP contribution is 2.17. The van der Waals surface area contributed by atoms with E-state index in [-0.39, 0.29) is 0 Å². The van der Waals surface area contributed by atoms with Crippen LogP contribution in [0, 0.1) is 6.92 Å². The van der Waals surface area contributed by atoms with Gasteiger partial charge in [-0.15, -0.1) is 0 Å². The smallest absolute Gasteiger partial charge is 0.157 e. The predicted molar refractivity (Wildman–Crippen MR) is 94.4 cm³/mol. The molecule has 2 aromatic rings. The van der Waals surface area contributed by atoms with Gasteiger partial charge in [0.05, 0.1) is 5.69 Å². The number of hydrogen-bond donors (Lipinski definition) is 1. The van der Waals surface area contributed by atoms with Crippen molar-refractivity contribution in [2.45, 2.75) is 39.3 Å². The summed E-state index contributed by atoms with van der Waals surface area (Å²) in [6.07, 6.45) is 4.37. The summed E-state index contributed by atoms with van der Waals surface area (Å²) in [4.78, 5) is 7.05. The molecule has 23 heavy (non-hydrogen) atoms. The Kier molecular flexibility index (Phi) is 4.78. The lowest BCUT2D eigenvalue weighted by atomic mass is 10.0. The van der Waals surface area contributed by atoms with Crippen molar-refractivity contribution >= 4 is 11.0 Å². The molecule has 0 aromatic carbocycles. The maximum atomic E-state index is 4.55. The van der Waals surface area contributed by atoms with Crippen LogP contribution in [0.25, 0.3) is 11.0 Å². The minimum atomic E-state index is 0.599. The van der Waals surface area contributed by atoms with Crippen LogP contribution in [-0.2, 0) is 13.6 Å². The molecule has 0 amide bonds. The fourth-order valence-corrected chi connectivity index (χ4v) is 3.39. The van der Waals surface area contributed by atoms with Crippen LogP contribution in [0.5, 0.6) is 0 Å². The molecule has 124 valence electrons. The van der Waals surface area contributed by atoms with E-state index in [4.69, 9.17) is 0 Å². The maximum Gasteiger partial charge on any atom is 0.157 e. The van der Waals surface area contributed by atoms with Crippen LogP contribution < -0.4 is 5.32 Å². The molecular weight excluding hydrogens is 286 g/mol. The van der Waals surface area contributed by atoms with Gasteiger partial charge in [-0.3, -0.25) is 9.58 Å². The number of rotatable bonds is 5. The van der Waals surface area contributed by atoms with E-state index in [1.54, 1.807) is 0 Å². The van der Waals surface area contributed by atoms with Crippen LogP contribution >= 0.6 is 0 Å². The molecule has 5 nitrogen and oxygen atoms in total. The van der Waals surface area contributed by atoms with Gasteiger partial charge < -0.3 is 5.32 Å². The zero-order chi connectivity index (χ0) is 16.4. The third-order valence-corrected chi connectivity index (χ3v) is 4.60. The molecule has 3 rings (SSSR count). The highest BCUT2D eigenvalue weighted by Gasteiger charge is 2.18. The Morgan fingerprint density at radius 1 is 1.39 bits per heavy atom. The lowest BCUT2D eigenvalue weighted by Crippen LogP contribution is -2.42. The molecule has 1 saturated heterocycles.